The van der Waals surface area contributed by atoms with Crippen LogP contribution in [-0.2, 0) is 51.4 Å². The molecule has 3 heteroatoms. The van der Waals surface area contributed by atoms with Gasteiger partial charge in [0.15, 0.2) is 0 Å². The Hall–Kier alpha value is -4.24. The predicted octanol–water partition coefficient (Wildman–Crippen LogP) is 13.4. The van der Waals surface area contributed by atoms with E-state index in [-0.39, 0.29) is 6.71 Å². The van der Waals surface area contributed by atoms with Crippen LogP contribution in [0.15, 0.2) is 66.7 Å². The van der Waals surface area contributed by atoms with Crippen LogP contribution in [0.1, 0.15) is 183 Å². The number of nitrogens with zero attached hydrogens (tertiary/aromatic N) is 2. The number of anilines is 6. The number of hydrogen-bond acceptors (Lipinski definition) is 2. The minimum absolute atomic E-state index is 0.218. The van der Waals surface area contributed by atoms with E-state index in [1.807, 2.05) is 0 Å². The molecule has 0 saturated heterocycles. The third kappa shape index (κ3) is 6.01. The van der Waals surface area contributed by atoms with Crippen molar-refractivity contribution >= 4 is 57.2 Å². The topological polar surface area (TPSA) is 6.48 Å². The van der Waals surface area contributed by atoms with Gasteiger partial charge in [0, 0.05) is 22.7 Å². The smallest absolute Gasteiger partial charge is 0.252 e. The average Bonchev–Trinajstić information content (AvgIpc) is 3.33. The molecule has 2 heterocycles. The Bertz CT molecular complexity index is 2310. The number of aryl methyl sites for hydroxylation is 4. The molecule has 6 aliphatic carbocycles. The molecule has 0 atom stereocenters. The molecule has 61 heavy (non-hydrogen) atoms. The van der Waals surface area contributed by atoms with Crippen molar-refractivity contribution in [2.24, 2.45) is 0 Å². The van der Waals surface area contributed by atoms with Gasteiger partial charge in [-0.25, -0.2) is 0 Å². The molecule has 2 aliphatic heterocycles. The van der Waals surface area contributed by atoms with Gasteiger partial charge in [-0.1, -0.05) is 81.0 Å². The molecule has 5 aromatic carbocycles. The van der Waals surface area contributed by atoms with E-state index in [2.05, 4.69) is 76.5 Å². The summed E-state index contributed by atoms with van der Waals surface area (Å²) in [6.45, 7) is 0.218. The molecule has 0 spiro atoms. The van der Waals surface area contributed by atoms with E-state index in [0.29, 0.717) is 11.8 Å². The van der Waals surface area contributed by atoms with Gasteiger partial charge in [0.05, 0.1) is 11.4 Å². The summed E-state index contributed by atoms with van der Waals surface area (Å²) in [5.74, 6) is 1.35. The Kier molecular flexibility index (Phi) is 9.33. The van der Waals surface area contributed by atoms with Gasteiger partial charge in [-0.2, -0.15) is 0 Å². The zero-order valence-electron chi connectivity index (χ0n) is 36.9. The van der Waals surface area contributed by atoms with Crippen LogP contribution in [0.3, 0.4) is 0 Å². The highest BCUT2D eigenvalue weighted by molar-refractivity contribution is 7.00. The normalized spacial score (nSPS) is 20.8. The molecule has 2 nitrogen and oxygen atoms in total. The van der Waals surface area contributed by atoms with E-state index >= 15 is 0 Å². The van der Waals surface area contributed by atoms with Crippen molar-refractivity contribution in [2.75, 3.05) is 9.80 Å². The van der Waals surface area contributed by atoms with Gasteiger partial charge < -0.3 is 9.80 Å². The lowest BCUT2D eigenvalue weighted by Crippen LogP contribution is -2.61. The second kappa shape index (κ2) is 15.2. The Morgan fingerprint density at radius 3 is 1.13 bits per heavy atom. The highest BCUT2D eigenvalue weighted by Gasteiger charge is 2.46. The van der Waals surface area contributed by atoms with E-state index < -0.39 is 0 Å². The summed E-state index contributed by atoms with van der Waals surface area (Å²) in [6, 6.07) is 29.0. The molecule has 2 saturated carbocycles. The predicted molar refractivity (Wildman–Crippen MR) is 259 cm³/mol. The minimum Gasteiger partial charge on any atom is -0.311 e. The Labute approximate surface area is 366 Å². The standard InChI is InChI=1S/C58H65BN2/c1-3-16-38(17-4-1)40-30-32-50-54(36-40)60(57-46-24-11-7-20-42(46)34-43-21-8-12-25-47(43)57)52-28-15-29-53-56(52)59(50)51-33-31-41(39-18-5-2-6-19-39)37-55(51)61(53)58-48-26-13-9-22-44(48)35-45-23-10-14-27-49(45)58/h15,28-39H,1-14,16-27H2. The summed E-state index contributed by atoms with van der Waals surface area (Å²) in [4.78, 5) is 5.83. The van der Waals surface area contributed by atoms with Crippen molar-refractivity contribution in [3.63, 3.8) is 0 Å². The fraction of sp³-hybridized carbons (Fsp3) is 0.483. The molecule has 0 amide bonds. The van der Waals surface area contributed by atoms with Crippen LogP contribution >= 0.6 is 0 Å². The quantitative estimate of drug-likeness (QED) is 0.164. The largest absolute Gasteiger partial charge is 0.311 e. The summed E-state index contributed by atoms with van der Waals surface area (Å²) in [5.41, 5.74) is 30.3. The van der Waals surface area contributed by atoms with Gasteiger partial charge in [-0.15, -0.1) is 0 Å². The highest BCUT2D eigenvalue weighted by atomic mass is 15.2. The van der Waals surface area contributed by atoms with Crippen LogP contribution < -0.4 is 26.2 Å². The molecule has 0 N–H and O–H groups in total. The first-order valence-corrected chi connectivity index (χ1v) is 25.6. The zero-order valence-corrected chi connectivity index (χ0v) is 36.9. The Balaban J connectivity index is 1.11. The van der Waals surface area contributed by atoms with Crippen molar-refractivity contribution in [3.05, 3.63) is 122 Å². The first kappa shape index (κ1) is 37.3. The molecule has 5 aromatic rings. The third-order valence-corrected chi connectivity index (χ3v) is 17.5. The molecule has 0 radical (unpaired) electrons. The average molecular weight is 801 g/mol. The van der Waals surface area contributed by atoms with E-state index in [9.17, 15) is 0 Å². The first-order chi connectivity index (χ1) is 30.3. The molecule has 310 valence electrons. The minimum atomic E-state index is 0.218. The number of rotatable bonds is 4. The molecule has 2 fully saturated rings. The summed E-state index contributed by atoms with van der Waals surface area (Å²) < 4.78 is 0. The van der Waals surface area contributed by atoms with Gasteiger partial charge in [0.25, 0.3) is 6.71 Å². The van der Waals surface area contributed by atoms with E-state index in [0.717, 1.165) is 0 Å². The number of hydrogen-bond donors (Lipinski definition) is 0. The fourth-order valence-corrected chi connectivity index (χ4v) is 14.6. The maximum atomic E-state index is 2.92. The lowest BCUT2D eigenvalue weighted by Gasteiger charge is -2.47. The van der Waals surface area contributed by atoms with Gasteiger partial charge in [-0.3, -0.25) is 0 Å². The first-order valence-electron chi connectivity index (χ1n) is 25.6. The van der Waals surface area contributed by atoms with Crippen LogP contribution in [0.25, 0.3) is 0 Å². The second-order valence-corrected chi connectivity index (χ2v) is 20.9. The molecular formula is C58H65BN2. The Morgan fingerprint density at radius 1 is 0.361 bits per heavy atom. The van der Waals surface area contributed by atoms with E-state index in [4.69, 9.17) is 0 Å². The summed E-state index contributed by atoms with van der Waals surface area (Å²) in [7, 11) is 0. The molecule has 13 rings (SSSR count). The van der Waals surface area contributed by atoms with Crippen LogP contribution in [0.2, 0.25) is 0 Å². The van der Waals surface area contributed by atoms with Crippen LogP contribution in [0.5, 0.6) is 0 Å². The monoisotopic (exact) mass is 801 g/mol. The maximum absolute atomic E-state index is 2.92. The van der Waals surface area contributed by atoms with E-state index in [1.54, 1.807) is 83.4 Å². The third-order valence-electron chi connectivity index (χ3n) is 17.5. The van der Waals surface area contributed by atoms with Gasteiger partial charge in [0.2, 0.25) is 0 Å². The SMILES string of the molecule is c1cc2c3c(c1)N(c1c4c(cc5c1CCCC5)CCCC4)c1cc(C4CCCCC4)ccc1B3c1ccc(C3CCCCC3)cc1N2c1c2c(cc3c1CCCC3)CCCC2. The van der Waals surface area contributed by atoms with Crippen molar-refractivity contribution in [1.82, 2.24) is 0 Å². The summed E-state index contributed by atoms with van der Waals surface area (Å²) in [5, 5.41) is 0. The van der Waals surface area contributed by atoms with Gasteiger partial charge in [-0.05, 0) is 237 Å². The summed E-state index contributed by atoms with van der Waals surface area (Å²) in [6.07, 6.45) is 34.0. The molecular weight excluding hydrogens is 735 g/mol. The number of fused-ring (bicyclic) bond motifs is 8. The molecule has 0 unspecified atom stereocenters. The van der Waals surface area contributed by atoms with Gasteiger partial charge >= 0.3 is 0 Å². The van der Waals surface area contributed by atoms with Crippen molar-refractivity contribution in [3.8, 4) is 0 Å². The summed E-state index contributed by atoms with van der Waals surface area (Å²) >= 11 is 0. The van der Waals surface area contributed by atoms with Gasteiger partial charge in [0.1, 0.15) is 0 Å². The van der Waals surface area contributed by atoms with Crippen molar-refractivity contribution in [2.45, 2.75) is 179 Å². The molecule has 8 aliphatic rings. The lowest BCUT2D eigenvalue weighted by molar-refractivity contribution is 0.444. The fourth-order valence-electron chi connectivity index (χ4n) is 14.6. The lowest BCUT2D eigenvalue weighted by atomic mass is 9.33. The van der Waals surface area contributed by atoms with Crippen LogP contribution in [0, 0.1) is 0 Å². The molecule has 0 aromatic heterocycles. The van der Waals surface area contributed by atoms with E-state index in [1.165, 1.54) is 190 Å². The maximum Gasteiger partial charge on any atom is 0.252 e. The second-order valence-electron chi connectivity index (χ2n) is 20.9. The molecule has 0 bridgehead atoms. The van der Waals surface area contributed by atoms with Crippen LogP contribution in [-0.4, -0.2) is 6.71 Å². The Morgan fingerprint density at radius 2 is 0.738 bits per heavy atom. The zero-order chi connectivity index (χ0) is 40.0. The number of benzene rings is 5. The van der Waals surface area contributed by atoms with Crippen molar-refractivity contribution < 1.29 is 0 Å². The van der Waals surface area contributed by atoms with Crippen LogP contribution in [0.4, 0.5) is 34.1 Å². The highest BCUT2D eigenvalue weighted by Crippen LogP contribution is 2.52. The van der Waals surface area contributed by atoms with Crippen molar-refractivity contribution in [1.29, 1.82) is 0 Å².